The van der Waals surface area contributed by atoms with Crippen LogP contribution in [0, 0.1) is 0 Å². The minimum Gasteiger partial charge on any atom is -0.207 e. The first-order chi connectivity index (χ1) is 4.96. The van der Waals surface area contributed by atoms with E-state index in [0.717, 1.165) is 0 Å². The average molecular weight is 194 g/mol. The highest BCUT2D eigenvalue weighted by Crippen LogP contribution is 2.41. The van der Waals surface area contributed by atoms with Crippen LogP contribution < -0.4 is 0 Å². The number of hydrogen-bond acceptors (Lipinski definition) is 0. The zero-order valence-corrected chi connectivity index (χ0v) is 6.47. The van der Waals surface area contributed by atoms with Gasteiger partial charge in [-0.15, -0.1) is 0 Å². The molecular formula is C6H8F6. The maximum absolute atomic E-state index is 12.2. The fourth-order valence-electron chi connectivity index (χ4n) is 0.545. The molecule has 0 amide bonds. The predicted octanol–water partition coefficient (Wildman–Crippen LogP) is 3.32. The van der Waals surface area contributed by atoms with Crippen molar-refractivity contribution in [3.63, 3.8) is 0 Å². The third-order valence-corrected chi connectivity index (χ3v) is 1.17. The fraction of sp³-hybridized carbons (Fsp3) is 1.00. The lowest BCUT2D eigenvalue weighted by atomic mass is 10.1. The van der Waals surface area contributed by atoms with Gasteiger partial charge in [-0.05, 0) is 6.92 Å². The number of halogens is 6. The first-order valence-corrected chi connectivity index (χ1v) is 3.09. The second-order valence-electron chi connectivity index (χ2n) is 2.84. The molecule has 0 saturated carbocycles. The van der Waals surface area contributed by atoms with Gasteiger partial charge in [0.15, 0.2) is 0 Å². The second-order valence-corrected chi connectivity index (χ2v) is 2.84. The first-order valence-electron chi connectivity index (χ1n) is 3.09. The topological polar surface area (TPSA) is 0 Å². The van der Waals surface area contributed by atoms with Crippen LogP contribution in [0.25, 0.3) is 0 Å². The van der Waals surface area contributed by atoms with Gasteiger partial charge < -0.3 is 0 Å². The normalized spacial score (nSPS) is 15.0. The highest BCUT2D eigenvalue weighted by Gasteiger charge is 2.56. The molecule has 0 saturated heterocycles. The molecule has 0 fully saturated rings. The van der Waals surface area contributed by atoms with Gasteiger partial charge in [0.25, 0.3) is 5.92 Å². The van der Waals surface area contributed by atoms with Crippen LogP contribution in [0.1, 0.15) is 20.3 Å². The Morgan fingerprint density at radius 2 is 1.17 bits per heavy atom. The molecule has 0 N–H and O–H groups in total. The molecule has 0 aliphatic heterocycles. The standard InChI is InChI=1S/C6H8F6/c1-4(7,8)3-6(11,12)5(2,9)10/h3H2,1-2H3. The van der Waals surface area contributed by atoms with Crippen LogP contribution in [0.3, 0.4) is 0 Å². The largest absolute Gasteiger partial charge is 0.315 e. The summed E-state index contributed by atoms with van der Waals surface area (Å²) in [5, 5.41) is 0. The van der Waals surface area contributed by atoms with E-state index < -0.39 is 24.2 Å². The molecule has 0 radical (unpaired) electrons. The Kier molecular flexibility index (Phi) is 2.71. The van der Waals surface area contributed by atoms with Crippen LogP contribution in [-0.4, -0.2) is 17.8 Å². The van der Waals surface area contributed by atoms with Gasteiger partial charge in [0, 0.05) is 6.92 Å². The van der Waals surface area contributed by atoms with Crippen molar-refractivity contribution in [2.24, 2.45) is 0 Å². The van der Waals surface area contributed by atoms with Crippen molar-refractivity contribution in [2.75, 3.05) is 0 Å². The summed E-state index contributed by atoms with van der Waals surface area (Å²) in [5.41, 5.74) is 0. The maximum atomic E-state index is 12.2. The van der Waals surface area contributed by atoms with Crippen LogP contribution in [-0.2, 0) is 0 Å². The Labute approximate surface area is 65.6 Å². The predicted molar refractivity (Wildman–Crippen MR) is 30.8 cm³/mol. The summed E-state index contributed by atoms with van der Waals surface area (Å²) in [7, 11) is 0. The summed E-state index contributed by atoms with van der Waals surface area (Å²) in [6, 6.07) is 0. The molecule has 0 bridgehead atoms. The zero-order valence-electron chi connectivity index (χ0n) is 6.47. The van der Waals surface area contributed by atoms with Crippen LogP contribution in [0.4, 0.5) is 26.3 Å². The van der Waals surface area contributed by atoms with Gasteiger partial charge in [-0.3, -0.25) is 0 Å². The smallest absolute Gasteiger partial charge is 0.207 e. The number of hydrogen-bond donors (Lipinski definition) is 0. The Morgan fingerprint density at radius 1 is 0.833 bits per heavy atom. The van der Waals surface area contributed by atoms with Crippen LogP contribution in [0.15, 0.2) is 0 Å². The average Bonchev–Trinajstić information content (AvgIpc) is 1.52. The molecule has 74 valence electrons. The number of rotatable bonds is 3. The Morgan fingerprint density at radius 3 is 1.25 bits per heavy atom. The minimum atomic E-state index is -4.66. The monoisotopic (exact) mass is 194 g/mol. The lowest BCUT2D eigenvalue weighted by Gasteiger charge is -2.25. The van der Waals surface area contributed by atoms with Gasteiger partial charge in [-0.25, -0.2) is 17.6 Å². The molecule has 0 atom stereocenters. The van der Waals surface area contributed by atoms with Gasteiger partial charge in [-0.2, -0.15) is 8.78 Å². The summed E-state index contributed by atoms with van der Waals surface area (Å²) in [4.78, 5) is 0. The third kappa shape index (κ3) is 3.32. The third-order valence-electron chi connectivity index (χ3n) is 1.17. The van der Waals surface area contributed by atoms with Crippen molar-refractivity contribution in [2.45, 2.75) is 38.0 Å². The van der Waals surface area contributed by atoms with Crippen molar-refractivity contribution in [3.05, 3.63) is 0 Å². The van der Waals surface area contributed by atoms with Gasteiger partial charge in [0.2, 0.25) is 0 Å². The van der Waals surface area contributed by atoms with E-state index in [-0.39, 0.29) is 13.8 Å². The molecule has 0 aliphatic carbocycles. The van der Waals surface area contributed by atoms with E-state index in [1.165, 1.54) is 0 Å². The maximum Gasteiger partial charge on any atom is 0.315 e. The van der Waals surface area contributed by atoms with Crippen molar-refractivity contribution in [1.29, 1.82) is 0 Å². The molecule has 0 aliphatic rings. The van der Waals surface area contributed by atoms with Crippen LogP contribution in [0.5, 0.6) is 0 Å². The summed E-state index contributed by atoms with van der Waals surface area (Å²) in [5.74, 6) is -12.9. The van der Waals surface area contributed by atoms with Crippen LogP contribution in [0.2, 0.25) is 0 Å². The lowest BCUT2D eigenvalue weighted by molar-refractivity contribution is -0.227. The number of alkyl halides is 6. The molecule has 6 heteroatoms. The molecule has 0 nitrogen and oxygen atoms in total. The molecule has 12 heavy (non-hydrogen) atoms. The first kappa shape index (κ1) is 11.6. The summed E-state index contributed by atoms with van der Waals surface area (Å²) >= 11 is 0. The summed E-state index contributed by atoms with van der Waals surface area (Å²) in [6.45, 7) is 0.0887. The van der Waals surface area contributed by atoms with E-state index >= 15 is 0 Å². The Hall–Kier alpha value is -0.420. The highest BCUT2D eigenvalue weighted by molar-refractivity contribution is 4.84. The molecule has 0 unspecified atom stereocenters. The van der Waals surface area contributed by atoms with Gasteiger partial charge in [0.05, 0.1) is 6.42 Å². The fourth-order valence-corrected chi connectivity index (χ4v) is 0.545. The Balaban J connectivity index is 4.44. The molecule has 0 rings (SSSR count). The van der Waals surface area contributed by atoms with E-state index in [1.54, 1.807) is 0 Å². The molecule has 0 spiro atoms. The molecule has 0 heterocycles. The SMILES string of the molecule is CC(F)(F)CC(F)(F)C(C)(F)F. The molecular weight excluding hydrogens is 186 g/mol. The molecule has 0 aromatic heterocycles. The van der Waals surface area contributed by atoms with Crippen LogP contribution >= 0.6 is 0 Å². The molecule has 0 aromatic rings. The quantitative estimate of drug-likeness (QED) is 0.604. The highest BCUT2D eigenvalue weighted by atomic mass is 19.3. The van der Waals surface area contributed by atoms with Gasteiger partial charge in [0.1, 0.15) is 0 Å². The van der Waals surface area contributed by atoms with Crippen molar-refractivity contribution in [3.8, 4) is 0 Å². The lowest BCUT2D eigenvalue weighted by Crippen LogP contribution is -2.41. The summed E-state index contributed by atoms with van der Waals surface area (Å²) in [6.07, 6.45) is -2.14. The van der Waals surface area contributed by atoms with Gasteiger partial charge >= 0.3 is 11.8 Å². The van der Waals surface area contributed by atoms with Gasteiger partial charge in [-0.1, -0.05) is 0 Å². The Bertz CT molecular complexity index is 150. The van der Waals surface area contributed by atoms with E-state index in [1.807, 2.05) is 0 Å². The minimum absolute atomic E-state index is 0.0846. The van der Waals surface area contributed by atoms with E-state index in [4.69, 9.17) is 0 Å². The van der Waals surface area contributed by atoms with E-state index in [2.05, 4.69) is 0 Å². The van der Waals surface area contributed by atoms with Crippen molar-refractivity contribution >= 4 is 0 Å². The molecule has 0 aromatic carbocycles. The second kappa shape index (κ2) is 2.81. The van der Waals surface area contributed by atoms with E-state index in [9.17, 15) is 26.3 Å². The zero-order chi connectivity index (χ0) is 10.2. The van der Waals surface area contributed by atoms with Crippen molar-refractivity contribution < 1.29 is 26.3 Å². The summed E-state index contributed by atoms with van der Waals surface area (Å²) < 4.78 is 72.2. The van der Waals surface area contributed by atoms with Crippen molar-refractivity contribution in [1.82, 2.24) is 0 Å². The van der Waals surface area contributed by atoms with E-state index in [0.29, 0.717) is 0 Å².